The number of hydrogen-bond acceptors (Lipinski definition) is 4. The molecule has 2 heterocycles. The molecule has 0 spiro atoms. The second-order valence-electron chi connectivity index (χ2n) is 6.25. The van der Waals surface area contributed by atoms with Crippen LogP contribution in [0.4, 0.5) is 11.4 Å². The molecule has 0 unspecified atom stereocenters. The molecule has 1 N–H and O–H groups in total. The van der Waals surface area contributed by atoms with Gasteiger partial charge in [0, 0.05) is 43.8 Å². The molecular weight excluding hydrogens is 451 g/mol. The lowest BCUT2D eigenvalue weighted by molar-refractivity contribution is 1.13. The zero-order chi connectivity index (χ0) is 18.1. The molecular formula is C20H19IN4S. The van der Waals surface area contributed by atoms with Crippen LogP contribution in [0.15, 0.2) is 58.8 Å². The van der Waals surface area contributed by atoms with Gasteiger partial charge in [0.25, 0.3) is 0 Å². The average molecular weight is 470 g/mol. The molecule has 0 aliphatic heterocycles. The van der Waals surface area contributed by atoms with Crippen molar-refractivity contribution < 1.29 is 0 Å². The molecule has 0 bridgehead atoms. The minimum atomic E-state index is 0.837. The number of anilines is 2. The number of rotatable bonds is 5. The zero-order valence-corrected chi connectivity index (χ0v) is 17.6. The molecule has 26 heavy (non-hydrogen) atoms. The molecule has 4 nitrogen and oxygen atoms in total. The summed E-state index contributed by atoms with van der Waals surface area (Å²) in [7, 11) is 4.10. The van der Waals surface area contributed by atoms with Crippen LogP contribution in [0.1, 0.15) is 0 Å². The summed E-state index contributed by atoms with van der Waals surface area (Å²) in [6, 6.07) is 15.0. The smallest absolute Gasteiger partial charge is 0.195 e. The van der Waals surface area contributed by atoms with Gasteiger partial charge in [0.2, 0.25) is 0 Å². The molecule has 0 fully saturated rings. The van der Waals surface area contributed by atoms with Crippen molar-refractivity contribution in [2.24, 2.45) is 0 Å². The molecule has 132 valence electrons. The van der Waals surface area contributed by atoms with Crippen molar-refractivity contribution in [1.82, 2.24) is 9.38 Å². The summed E-state index contributed by atoms with van der Waals surface area (Å²) in [4.78, 5) is 7.96. The van der Waals surface area contributed by atoms with Crippen LogP contribution >= 0.6 is 33.9 Å². The van der Waals surface area contributed by atoms with Crippen molar-refractivity contribution in [1.29, 1.82) is 0 Å². The third kappa shape index (κ3) is 3.31. The summed E-state index contributed by atoms with van der Waals surface area (Å²) < 4.78 is 5.45. The van der Waals surface area contributed by atoms with Gasteiger partial charge in [-0.1, -0.05) is 52.1 Å². The highest BCUT2D eigenvalue weighted by atomic mass is 123. The SMILES string of the molecule is CN(C)c1ccc(-c2cn3c(n2)sc2cc(NC/C=C/[123I])ccc23)cc1. The average Bonchev–Trinajstić information content (AvgIpc) is 3.19. The summed E-state index contributed by atoms with van der Waals surface area (Å²) >= 11 is 3.96. The fraction of sp³-hybridized carbons (Fsp3) is 0.150. The Balaban J connectivity index is 1.67. The van der Waals surface area contributed by atoms with Crippen molar-refractivity contribution in [3.8, 4) is 11.3 Å². The summed E-state index contributed by atoms with van der Waals surface area (Å²) in [6.07, 6.45) is 4.23. The molecule has 0 saturated heterocycles. The van der Waals surface area contributed by atoms with Gasteiger partial charge >= 0.3 is 0 Å². The maximum Gasteiger partial charge on any atom is 0.195 e. The Bertz CT molecular complexity index is 1080. The van der Waals surface area contributed by atoms with Gasteiger partial charge in [-0.05, 0) is 34.4 Å². The minimum Gasteiger partial charge on any atom is -0.382 e. The van der Waals surface area contributed by atoms with E-state index < -0.39 is 0 Å². The Kier molecular flexibility index (Phi) is 4.86. The first kappa shape index (κ1) is 17.4. The van der Waals surface area contributed by atoms with Gasteiger partial charge in [0.1, 0.15) is 0 Å². The van der Waals surface area contributed by atoms with E-state index in [9.17, 15) is 0 Å². The van der Waals surface area contributed by atoms with Gasteiger partial charge in [-0.2, -0.15) is 0 Å². The maximum absolute atomic E-state index is 4.84. The molecule has 6 heteroatoms. The second-order valence-corrected chi connectivity index (χ2v) is 7.98. The van der Waals surface area contributed by atoms with Crippen molar-refractivity contribution in [3.05, 3.63) is 58.8 Å². The van der Waals surface area contributed by atoms with E-state index >= 15 is 0 Å². The molecule has 2 aromatic carbocycles. The lowest BCUT2D eigenvalue weighted by Crippen LogP contribution is -2.07. The number of fused-ring (bicyclic) bond motifs is 3. The van der Waals surface area contributed by atoms with E-state index in [1.165, 1.54) is 15.9 Å². The third-order valence-corrected chi connectivity index (χ3v) is 5.81. The van der Waals surface area contributed by atoms with E-state index in [0.717, 1.165) is 28.5 Å². The lowest BCUT2D eigenvalue weighted by Gasteiger charge is -2.12. The van der Waals surface area contributed by atoms with Gasteiger partial charge in [-0.25, -0.2) is 4.98 Å². The first-order valence-corrected chi connectivity index (χ1v) is 10.4. The Labute approximate surface area is 170 Å². The van der Waals surface area contributed by atoms with Crippen molar-refractivity contribution in [2.75, 3.05) is 30.9 Å². The van der Waals surface area contributed by atoms with Crippen LogP contribution in [0.2, 0.25) is 0 Å². The zero-order valence-electron chi connectivity index (χ0n) is 14.6. The van der Waals surface area contributed by atoms with Crippen molar-refractivity contribution >= 4 is 60.5 Å². The van der Waals surface area contributed by atoms with E-state index in [-0.39, 0.29) is 0 Å². The van der Waals surface area contributed by atoms with Crippen LogP contribution in [-0.2, 0) is 0 Å². The Morgan fingerprint density at radius 2 is 2.00 bits per heavy atom. The number of nitrogens with one attached hydrogen (secondary N) is 1. The number of halogens is 1. The molecule has 4 aromatic rings. The molecule has 0 atom stereocenters. The molecule has 0 aliphatic rings. The van der Waals surface area contributed by atoms with E-state index in [2.05, 4.69) is 106 Å². The Hall–Kier alpha value is -2.06. The fourth-order valence-electron chi connectivity index (χ4n) is 2.90. The van der Waals surface area contributed by atoms with Crippen LogP contribution in [0.5, 0.6) is 0 Å². The Morgan fingerprint density at radius 3 is 2.73 bits per heavy atom. The molecule has 0 amide bonds. The molecule has 0 radical (unpaired) electrons. The predicted octanol–water partition coefficient (Wildman–Crippen LogP) is 5.64. The second kappa shape index (κ2) is 7.28. The standard InChI is InChI=1S/C20H19IN4S/c1-24(2)16-7-4-14(5-8-16)17-13-25-18-9-6-15(22-11-3-10-21)12-19(18)26-20(25)23-17/h3-10,12-13,22H,11H2,1-2H3/b10-3+/i21-4. The summed E-state index contributed by atoms with van der Waals surface area (Å²) in [5.41, 5.74) is 5.68. The predicted molar refractivity (Wildman–Crippen MR) is 122 cm³/mol. The van der Waals surface area contributed by atoms with Crippen LogP contribution in [0.3, 0.4) is 0 Å². The van der Waals surface area contributed by atoms with Gasteiger partial charge in [-0.3, -0.25) is 4.40 Å². The number of aromatic nitrogens is 2. The fourth-order valence-corrected chi connectivity index (χ4v) is 4.20. The van der Waals surface area contributed by atoms with Crippen LogP contribution < -0.4 is 10.2 Å². The highest BCUT2D eigenvalue weighted by molar-refractivity contribution is 14.1. The number of benzene rings is 2. The van der Waals surface area contributed by atoms with Gasteiger partial charge in [0.15, 0.2) is 4.96 Å². The molecule has 0 saturated carbocycles. The topological polar surface area (TPSA) is 32.6 Å². The third-order valence-electron chi connectivity index (χ3n) is 4.29. The quantitative estimate of drug-likeness (QED) is 0.383. The van der Waals surface area contributed by atoms with E-state index in [1.54, 1.807) is 11.3 Å². The largest absolute Gasteiger partial charge is 0.382 e. The number of hydrogen-bond donors (Lipinski definition) is 1. The summed E-state index contributed by atoms with van der Waals surface area (Å²) in [5.74, 6) is 0. The van der Waals surface area contributed by atoms with Crippen LogP contribution in [0, 0.1) is 0 Å². The highest BCUT2D eigenvalue weighted by Crippen LogP contribution is 2.31. The molecule has 4 rings (SSSR count). The first-order valence-electron chi connectivity index (χ1n) is 8.34. The van der Waals surface area contributed by atoms with Gasteiger partial charge in [0.05, 0.1) is 15.9 Å². The Morgan fingerprint density at radius 1 is 1.19 bits per heavy atom. The highest BCUT2D eigenvalue weighted by Gasteiger charge is 2.11. The van der Waals surface area contributed by atoms with E-state index in [1.807, 2.05) is 4.08 Å². The normalized spacial score (nSPS) is 11.7. The van der Waals surface area contributed by atoms with E-state index in [0.29, 0.717) is 0 Å². The summed E-state index contributed by atoms with van der Waals surface area (Å²) in [5, 5.41) is 3.41. The molecule has 2 aromatic heterocycles. The number of nitrogens with zero attached hydrogens (tertiary/aromatic N) is 3. The minimum absolute atomic E-state index is 0.837. The number of imidazole rings is 1. The monoisotopic (exact) mass is 470 g/mol. The van der Waals surface area contributed by atoms with Gasteiger partial charge < -0.3 is 10.2 Å². The maximum atomic E-state index is 4.84. The van der Waals surface area contributed by atoms with E-state index in [4.69, 9.17) is 4.98 Å². The molecule has 0 aliphatic carbocycles. The van der Waals surface area contributed by atoms with Crippen LogP contribution in [-0.4, -0.2) is 30.0 Å². The van der Waals surface area contributed by atoms with Crippen molar-refractivity contribution in [2.45, 2.75) is 0 Å². The first-order chi connectivity index (χ1) is 12.7. The number of thiazole rings is 1. The summed E-state index contributed by atoms with van der Waals surface area (Å²) in [6.45, 7) is 0.837. The van der Waals surface area contributed by atoms with Crippen molar-refractivity contribution in [3.63, 3.8) is 0 Å². The van der Waals surface area contributed by atoms with Crippen LogP contribution in [0.25, 0.3) is 26.4 Å². The lowest BCUT2D eigenvalue weighted by atomic mass is 10.1. The van der Waals surface area contributed by atoms with Gasteiger partial charge in [-0.15, -0.1) is 0 Å².